The van der Waals surface area contributed by atoms with Gasteiger partial charge in [-0.1, -0.05) is 30.9 Å². The summed E-state index contributed by atoms with van der Waals surface area (Å²) in [5.41, 5.74) is 1.07. The summed E-state index contributed by atoms with van der Waals surface area (Å²) in [6.07, 6.45) is 6.37. The molecule has 2 fully saturated rings. The fourth-order valence-corrected chi connectivity index (χ4v) is 5.56. The van der Waals surface area contributed by atoms with Crippen LogP contribution in [0.5, 0.6) is 5.75 Å². The quantitative estimate of drug-likeness (QED) is 0.845. The van der Waals surface area contributed by atoms with Gasteiger partial charge in [-0.3, -0.25) is 4.79 Å². The molecule has 1 atom stereocenters. The summed E-state index contributed by atoms with van der Waals surface area (Å²) >= 11 is 6.15. The van der Waals surface area contributed by atoms with Gasteiger partial charge in [0.15, 0.2) is 16.4 Å². The van der Waals surface area contributed by atoms with E-state index in [9.17, 15) is 13.2 Å². The number of hydrogen-bond donors (Lipinski definition) is 1. The van der Waals surface area contributed by atoms with E-state index >= 15 is 0 Å². The Morgan fingerprint density at radius 3 is 2.64 bits per heavy atom. The lowest BCUT2D eigenvalue weighted by Crippen LogP contribution is -2.38. The lowest BCUT2D eigenvalue weighted by atomic mass is 9.84. The van der Waals surface area contributed by atoms with Gasteiger partial charge in [0.05, 0.1) is 11.5 Å². The third-order valence-electron chi connectivity index (χ3n) is 4.97. The number of carbonyl (C=O) groups is 1. The van der Waals surface area contributed by atoms with Crippen molar-refractivity contribution in [2.75, 3.05) is 18.1 Å². The van der Waals surface area contributed by atoms with Gasteiger partial charge in [-0.25, -0.2) is 8.42 Å². The smallest absolute Gasteiger partial charge is 0.258 e. The van der Waals surface area contributed by atoms with Crippen molar-refractivity contribution in [2.45, 2.75) is 50.5 Å². The predicted octanol–water partition coefficient (Wildman–Crippen LogP) is 3.07. The van der Waals surface area contributed by atoms with Gasteiger partial charge in [0.25, 0.3) is 5.91 Å². The molecule has 1 heterocycles. The molecule has 1 aromatic carbocycles. The van der Waals surface area contributed by atoms with Crippen LogP contribution in [-0.2, 0) is 14.6 Å². The van der Waals surface area contributed by atoms with E-state index in [0.29, 0.717) is 23.1 Å². The standard InChI is InChI=1S/C18H24ClNO4S/c19-14-6-7-17(16(10-14)13-4-2-1-3-5-13)24-11-18(21)20-15-8-9-25(22,23)12-15/h6-7,10,13,15H,1-5,8-9,11-12H2,(H,20,21)/t15-/m1/s1. The molecule has 0 bridgehead atoms. The number of carbonyl (C=O) groups excluding carboxylic acids is 1. The maximum absolute atomic E-state index is 12.1. The van der Waals surface area contributed by atoms with Crippen LogP contribution in [0.4, 0.5) is 0 Å². The van der Waals surface area contributed by atoms with E-state index < -0.39 is 9.84 Å². The van der Waals surface area contributed by atoms with E-state index in [1.807, 2.05) is 12.1 Å². The van der Waals surface area contributed by atoms with Crippen molar-refractivity contribution in [1.82, 2.24) is 5.32 Å². The molecule has 1 amide bonds. The van der Waals surface area contributed by atoms with Crippen LogP contribution in [0, 0.1) is 0 Å². The first-order chi connectivity index (χ1) is 11.9. The molecule has 1 aromatic rings. The minimum atomic E-state index is -3.00. The number of sulfone groups is 1. The zero-order chi connectivity index (χ0) is 17.9. The molecule has 25 heavy (non-hydrogen) atoms. The van der Waals surface area contributed by atoms with Crippen molar-refractivity contribution < 1.29 is 17.9 Å². The highest BCUT2D eigenvalue weighted by Crippen LogP contribution is 2.38. The highest BCUT2D eigenvalue weighted by atomic mass is 35.5. The average Bonchev–Trinajstić information content (AvgIpc) is 2.93. The number of ether oxygens (including phenoxy) is 1. The second-order valence-electron chi connectivity index (χ2n) is 6.97. The minimum absolute atomic E-state index is 0.0208. The number of rotatable bonds is 5. The molecule has 1 saturated heterocycles. The molecule has 3 rings (SSSR count). The Labute approximate surface area is 154 Å². The van der Waals surface area contributed by atoms with E-state index in [-0.39, 0.29) is 30.1 Å². The molecule has 1 saturated carbocycles. The van der Waals surface area contributed by atoms with Crippen molar-refractivity contribution >= 4 is 27.3 Å². The molecular formula is C18H24ClNO4S. The van der Waals surface area contributed by atoms with Crippen LogP contribution in [0.15, 0.2) is 18.2 Å². The van der Waals surface area contributed by atoms with E-state index in [2.05, 4.69) is 5.32 Å². The fourth-order valence-electron chi connectivity index (χ4n) is 3.70. The second-order valence-corrected chi connectivity index (χ2v) is 9.64. The van der Waals surface area contributed by atoms with Crippen LogP contribution >= 0.6 is 11.6 Å². The van der Waals surface area contributed by atoms with E-state index in [0.717, 1.165) is 18.4 Å². The van der Waals surface area contributed by atoms with Crippen LogP contribution in [0.3, 0.4) is 0 Å². The predicted molar refractivity (Wildman–Crippen MR) is 98.0 cm³/mol. The summed E-state index contributed by atoms with van der Waals surface area (Å²) in [5.74, 6) is 0.997. The largest absolute Gasteiger partial charge is 0.483 e. The SMILES string of the molecule is O=C(COc1ccc(Cl)cc1C1CCCCC1)N[C@@H]1CCS(=O)(=O)C1. The van der Waals surface area contributed by atoms with E-state index in [1.54, 1.807) is 6.07 Å². The van der Waals surface area contributed by atoms with Gasteiger partial charge >= 0.3 is 0 Å². The zero-order valence-electron chi connectivity index (χ0n) is 14.2. The Hall–Kier alpha value is -1.27. The van der Waals surface area contributed by atoms with Crippen molar-refractivity contribution in [1.29, 1.82) is 0 Å². The molecule has 0 aromatic heterocycles. The van der Waals surface area contributed by atoms with Gasteiger partial charge in [-0.05, 0) is 48.9 Å². The van der Waals surface area contributed by atoms with Crippen LogP contribution < -0.4 is 10.1 Å². The molecule has 1 aliphatic carbocycles. The Bertz CT molecular complexity index is 729. The molecule has 0 unspecified atom stereocenters. The summed E-state index contributed by atoms with van der Waals surface area (Å²) in [6.45, 7) is -0.113. The molecule has 2 aliphatic rings. The van der Waals surface area contributed by atoms with Gasteiger partial charge in [0, 0.05) is 11.1 Å². The number of halogens is 1. The highest BCUT2D eigenvalue weighted by Gasteiger charge is 2.29. The first-order valence-electron chi connectivity index (χ1n) is 8.85. The summed E-state index contributed by atoms with van der Waals surface area (Å²) in [4.78, 5) is 12.1. The first-order valence-corrected chi connectivity index (χ1v) is 11.0. The second kappa shape index (κ2) is 7.96. The van der Waals surface area contributed by atoms with Crippen molar-refractivity contribution in [3.05, 3.63) is 28.8 Å². The van der Waals surface area contributed by atoms with Crippen LogP contribution in [0.1, 0.15) is 50.0 Å². The van der Waals surface area contributed by atoms with Crippen LogP contribution in [-0.4, -0.2) is 38.5 Å². The summed E-state index contributed by atoms with van der Waals surface area (Å²) in [7, 11) is -3.00. The molecule has 5 nitrogen and oxygen atoms in total. The zero-order valence-corrected chi connectivity index (χ0v) is 15.7. The van der Waals surface area contributed by atoms with Gasteiger partial charge < -0.3 is 10.1 Å². The lowest BCUT2D eigenvalue weighted by Gasteiger charge is -2.24. The van der Waals surface area contributed by atoms with Crippen molar-refractivity contribution in [3.63, 3.8) is 0 Å². The Kier molecular flexibility index (Phi) is 5.89. The monoisotopic (exact) mass is 385 g/mol. The molecule has 1 N–H and O–H groups in total. The normalized spacial score (nSPS) is 23.3. The highest BCUT2D eigenvalue weighted by molar-refractivity contribution is 7.91. The molecular weight excluding hydrogens is 362 g/mol. The lowest BCUT2D eigenvalue weighted by molar-refractivity contribution is -0.123. The van der Waals surface area contributed by atoms with E-state index in [1.165, 1.54) is 19.3 Å². The maximum atomic E-state index is 12.1. The Morgan fingerprint density at radius 1 is 1.20 bits per heavy atom. The summed E-state index contributed by atoms with van der Waals surface area (Å²) in [5, 5.41) is 3.42. The Morgan fingerprint density at radius 2 is 1.96 bits per heavy atom. The summed E-state index contributed by atoms with van der Waals surface area (Å²) in [6, 6.07) is 5.22. The topological polar surface area (TPSA) is 72.5 Å². The molecule has 0 spiro atoms. The van der Waals surface area contributed by atoms with Gasteiger partial charge in [-0.15, -0.1) is 0 Å². The number of nitrogens with one attached hydrogen (secondary N) is 1. The van der Waals surface area contributed by atoms with Crippen LogP contribution in [0.25, 0.3) is 0 Å². The minimum Gasteiger partial charge on any atom is -0.483 e. The molecule has 0 radical (unpaired) electrons. The first kappa shape index (κ1) is 18.5. The summed E-state index contributed by atoms with van der Waals surface area (Å²) < 4.78 is 28.7. The molecule has 1 aliphatic heterocycles. The maximum Gasteiger partial charge on any atom is 0.258 e. The molecule has 7 heteroatoms. The third kappa shape index (κ3) is 5.11. The number of hydrogen-bond acceptors (Lipinski definition) is 4. The third-order valence-corrected chi connectivity index (χ3v) is 6.98. The number of amides is 1. The van der Waals surface area contributed by atoms with Crippen LogP contribution in [0.2, 0.25) is 5.02 Å². The van der Waals surface area contributed by atoms with Gasteiger partial charge in [0.2, 0.25) is 0 Å². The molecule has 138 valence electrons. The van der Waals surface area contributed by atoms with Crippen molar-refractivity contribution in [2.24, 2.45) is 0 Å². The fraction of sp³-hybridized carbons (Fsp3) is 0.611. The van der Waals surface area contributed by atoms with E-state index in [4.69, 9.17) is 16.3 Å². The Balaban J connectivity index is 1.60. The van der Waals surface area contributed by atoms with Gasteiger partial charge in [-0.2, -0.15) is 0 Å². The average molecular weight is 386 g/mol. The number of benzene rings is 1. The van der Waals surface area contributed by atoms with Crippen molar-refractivity contribution in [3.8, 4) is 5.75 Å². The van der Waals surface area contributed by atoms with Gasteiger partial charge in [0.1, 0.15) is 5.75 Å².